The third kappa shape index (κ3) is 2.45. The average molecular weight is 349 g/mol. The molecule has 0 aliphatic heterocycles. The SMILES string of the molecule is Cc1ccc(-n2c3ccccc3c3ccccc32)cc1-c1cccc[n+]1C. The van der Waals surface area contributed by atoms with Gasteiger partial charge in [0.05, 0.1) is 16.6 Å². The van der Waals surface area contributed by atoms with E-state index in [1.807, 2.05) is 0 Å². The predicted molar refractivity (Wildman–Crippen MR) is 112 cm³/mol. The van der Waals surface area contributed by atoms with Crippen LogP contribution in [0.3, 0.4) is 0 Å². The van der Waals surface area contributed by atoms with Crippen molar-refractivity contribution in [3.8, 4) is 16.9 Å². The molecule has 0 fully saturated rings. The van der Waals surface area contributed by atoms with Gasteiger partial charge in [0.15, 0.2) is 6.20 Å². The molecule has 2 aromatic heterocycles. The van der Waals surface area contributed by atoms with E-state index in [0.717, 1.165) is 0 Å². The molecule has 2 nitrogen and oxygen atoms in total. The number of hydrogen-bond donors (Lipinski definition) is 0. The molecule has 0 radical (unpaired) electrons. The first-order chi connectivity index (χ1) is 13.2. The minimum atomic E-state index is 1.19. The first-order valence-corrected chi connectivity index (χ1v) is 9.28. The highest BCUT2D eigenvalue weighted by atomic mass is 15.0. The molecule has 2 heteroatoms. The number of pyridine rings is 1. The van der Waals surface area contributed by atoms with Crippen molar-refractivity contribution in [3.63, 3.8) is 0 Å². The van der Waals surface area contributed by atoms with Gasteiger partial charge in [-0.05, 0) is 42.8 Å². The van der Waals surface area contributed by atoms with Crippen LogP contribution in [-0.4, -0.2) is 4.57 Å². The molecule has 0 amide bonds. The number of aryl methyl sites for hydroxylation is 2. The largest absolute Gasteiger partial charge is 0.309 e. The Morgan fingerprint density at radius 3 is 2.00 bits per heavy atom. The number of rotatable bonds is 2. The van der Waals surface area contributed by atoms with E-state index < -0.39 is 0 Å². The third-order valence-corrected chi connectivity index (χ3v) is 5.39. The maximum Gasteiger partial charge on any atom is 0.212 e. The Morgan fingerprint density at radius 1 is 0.704 bits per heavy atom. The van der Waals surface area contributed by atoms with Gasteiger partial charge in [-0.15, -0.1) is 0 Å². The molecule has 3 aromatic carbocycles. The molecule has 130 valence electrons. The van der Waals surface area contributed by atoms with Crippen molar-refractivity contribution >= 4 is 21.8 Å². The molecule has 0 bridgehead atoms. The fourth-order valence-electron chi connectivity index (χ4n) is 4.03. The number of benzene rings is 3. The summed E-state index contributed by atoms with van der Waals surface area (Å²) in [5, 5.41) is 2.58. The van der Waals surface area contributed by atoms with E-state index in [1.54, 1.807) is 0 Å². The Hall–Kier alpha value is -3.39. The molecule has 5 aromatic rings. The van der Waals surface area contributed by atoms with Gasteiger partial charge in [-0.3, -0.25) is 0 Å². The highest BCUT2D eigenvalue weighted by Crippen LogP contribution is 2.33. The molecule has 0 atom stereocenters. The first kappa shape index (κ1) is 15.8. The zero-order valence-corrected chi connectivity index (χ0v) is 15.6. The number of para-hydroxylation sites is 2. The van der Waals surface area contributed by atoms with Crippen LogP contribution in [-0.2, 0) is 7.05 Å². The molecular formula is C25H21N2+. The van der Waals surface area contributed by atoms with Crippen molar-refractivity contribution < 1.29 is 4.57 Å². The summed E-state index contributed by atoms with van der Waals surface area (Å²) in [5.74, 6) is 0. The lowest BCUT2D eigenvalue weighted by Gasteiger charge is -2.11. The van der Waals surface area contributed by atoms with Crippen LogP contribution in [0.25, 0.3) is 38.8 Å². The van der Waals surface area contributed by atoms with Crippen molar-refractivity contribution in [2.75, 3.05) is 0 Å². The molecule has 0 unspecified atom stereocenters. The normalized spacial score (nSPS) is 11.3. The van der Waals surface area contributed by atoms with Gasteiger partial charge in [-0.25, -0.2) is 4.57 Å². The lowest BCUT2D eigenvalue weighted by Crippen LogP contribution is -2.30. The van der Waals surface area contributed by atoms with E-state index in [0.29, 0.717) is 0 Å². The molecule has 0 aliphatic rings. The highest BCUT2D eigenvalue weighted by molar-refractivity contribution is 6.09. The van der Waals surface area contributed by atoms with Crippen molar-refractivity contribution in [2.45, 2.75) is 6.92 Å². The summed E-state index contributed by atoms with van der Waals surface area (Å²) in [6, 6.07) is 30.4. The van der Waals surface area contributed by atoms with Crippen LogP contribution >= 0.6 is 0 Å². The number of fused-ring (bicyclic) bond motifs is 3. The van der Waals surface area contributed by atoms with Gasteiger partial charge in [0.1, 0.15) is 7.05 Å². The zero-order valence-electron chi connectivity index (χ0n) is 15.6. The minimum Gasteiger partial charge on any atom is -0.309 e. The monoisotopic (exact) mass is 349 g/mol. The Bertz CT molecular complexity index is 1240. The standard InChI is InChI=1S/C25H21N2/c1-18-14-15-19(17-22(18)23-11-7-8-16-26(23)2)27-24-12-5-3-9-20(24)21-10-4-6-13-25(21)27/h3-17H,1-2H3/q+1. The smallest absolute Gasteiger partial charge is 0.212 e. The van der Waals surface area contributed by atoms with Crippen LogP contribution < -0.4 is 4.57 Å². The summed E-state index contributed by atoms with van der Waals surface area (Å²) in [6.45, 7) is 2.18. The van der Waals surface area contributed by atoms with Crippen molar-refractivity contribution in [1.29, 1.82) is 0 Å². The Labute approximate surface area is 158 Å². The fourth-order valence-corrected chi connectivity index (χ4v) is 4.03. The van der Waals surface area contributed by atoms with Crippen molar-refractivity contribution in [1.82, 2.24) is 4.57 Å². The summed E-state index contributed by atoms with van der Waals surface area (Å²) in [6.07, 6.45) is 2.10. The van der Waals surface area contributed by atoms with E-state index in [9.17, 15) is 0 Å². The summed E-state index contributed by atoms with van der Waals surface area (Å²) in [4.78, 5) is 0. The van der Waals surface area contributed by atoms with Gasteiger partial charge in [-0.1, -0.05) is 42.5 Å². The second kappa shape index (κ2) is 6.10. The van der Waals surface area contributed by atoms with Crippen molar-refractivity contribution in [2.24, 2.45) is 7.05 Å². The summed E-state index contributed by atoms with van der Waals surface area (Å²) >= 11 is 0. The molecule has 27 heavy (non-hydrogen) atoms. The second-order valence-corrected chi connectivity index (χ2v) is 7.07. The zero-order chi connectivity index (χ0) is 18.4. The highest BCUT2D eigenvalue weighted by Gasteiger charge is 2.15. The molecule has 0 spiro atoms. The molecule has 0 saturated carbocycles. The number of aromatic nitrogens is 2. The molecule has 0 aliphatic carbocycles. The van der Waals surface area contributed by atoms with Gasteiger partial charge in [0, 0.05) is 28.6 Å². The molecule has 0 N–H and O–H groups in total. The van der Waals surface area contributed by atoms with E-state index >= 15 is 0 Å². The van der Waals surface area contributed by atoms with Gasteiger partial charge in [-0.2, -0.15) is 0 Å². The van der Waals surface area contributed by atoms with Crippen LogP contribution in [0.15, 0.2) is 91.1 Å². The number of hydrogen-bond acceptors (Lipinski definition) is 0. The molecule has 5 rings (SSSR count). The van der Waals surface area contributed by atoms with Crippen LogP contribution in [0.2, 0.25) is 0 Å². The average Bonchev–Trinajstić information content (AvgIpc) is 3.04. The van der Waals surface area contributed by atoms with E-state index in [-0.39, 0.29) is 0 Å². The van der Waals surface area contributed by atoms with Gasteiger partial charge < -0.3 is 4.57 Å². The van der Waals surface area contributed by atoms with Crippen LogP contribution in [0.4, 0.5) is 0 Å². The minimum absolute atomic E-state index is 1.19. The molecular weight excluding hydrogens is 328 g/mol. The first-order valence-electron chi connectivity index (χ1n) is 9.28. The molecule has 2 heterocycles. The Kier molecular flexibility index (Phi) is 3.58. The topological polar surface area (TPSA) is 8.81 Å². The van der Waals surface area contributed by atoms with Crippen molar-refractivity contribution in [3.05, 3.63) is 96.7 Å². The maximum atomic E-state index is 2.37. The van der Waals surface area contributed by atoms with E-state index in [1.165, 1.54) is 44.3 Å². The summed E-state index contributed by atoms with van der Waals surface area (Å²) < 4.78 is 4.55. The summed E-state index contributed by atoms with van der Waals surface area (Å²) in [7, 11) is 2.10. The predicted octanol–water partition coefficient (Wildman–Crippen LogP) is 5.58. The van der Waals surface area contributed by atoms with Gasteiger partial charge in [0.2, 0.25) is 5.69 Å². The second-order valence-electron chi connectivity index (χ2n) is 7.07. The van der Waals surface area contributed by atoms with E-state index in [4.69, 9.17) is 0 Å². The van der Waals surface area contributed by atoms with Gasteiger partial charge >= 0.3 is 0 Å². The number of nitrogens with zero attached hydrogens (tertiary/aromatic N) is 2. The molecule has 0 saturated heterocycles. The summed E-state index contributed by atoms with van der Waals surface area (Å²) in [5.41, 5.74) is 7.44. The third-order valence-electron chi connectivity index (χ3n) is 5.39. The Morgan fingerprint density at radius 2 is 1.33 bits per heavy atom. The Balaban J connectivity index is 1.84. The quantitative estimate of drug-likeness (QED) is 0.368. The van der Waals surface area contributed by atoms with E-state index in [2.05, 4.69) is 114 Å². The lowest BCUT2D eigenvalue weighted by molar-refractivity contribution is -0.660. The lowest BCUT2D eigenvalue weighted by atomic mass is 10.0. The fraction of sp³-hybridized carbons (Fsp3) is 0.0800. The van der Waals surface area contributed by atoms with Crippen LogP contribution in [0.1, 0.15) is 5.56 Å². The van der Waals surface area contributed by atoms with Crippen LogP contribution in [0.5, 0.6) is 0 Å². The maximum absolute atomic E-state index is 2.37. The van der Waals surface area contributed by atoms with Crippen LogP contribution in [0, 0.1) is 6.92 Å². The van der Waals surface area contributed by atoms with Gasteiger partial charge in [0.25, 0.3) is 0 Å².